The molecule has 1 N–H and O–H groups in total. The Morgan fingerprint density at radius 2 is 2.13 bits per heavy atom. The first-order valence-corrected chi connectivity index (χ1v) is 4.52. The average molecular weight is 208 g/mol. The van der Waals surface area contributed by atoms with Gasteiger partial charge in [0.15, 0.2) is 5.82 Å². The van der Waals surface area contributed by atoms with Crippen molar-refractivity contribution >= 4 is 0 Å². The summed E-state index contributed by atoms with van der Waals surface area (Å²) in [6.45, 7) is 1.20. The van der Waals surface area contributed by atoms with Gasteiger partial charge in [0, 0.05) is 7.05 Å². The molecule has 0 atom stereocenters. The highest BCUT2D eigenvalue weighted by Crippen LogP contribution is 1.91. The van der Waals surface area contributed by atoms with Gasteiger partial charge in [-0.15, -0.1) is 20.4 Å². The molecule has 2 aromatic rings. The molecule has 2 rings (SSSR count). The molecular formula is C7H12N8. The zero-order valence-electron chi connectivity index (χ0n) is 8.62. The van der Waals surface area contributed by atoms with Gasteiger partial charge in [0.05, 0.1) is 20.1 Å². The van der Waals surface area contributed by atoms with Gasteiger partial charge in [0.1, 0.15) is 12.2 Å². The zero-order chi connectivity index (χ0) is 10.7. The summed E-state index contributed by atoms with van der Waals surface area (Å²) in [5, 5.41) is 22.5. The number of hydrogen-bond acceptors (Lipinski definition) is 6. The molecule has 0 saturated heterocycles. The van der Waals surface area contributed by atoms with Crippen LogP contribution < -0.4 is 5.32 Å². The monoisotopic (exact) mass is 208 g/mol. The molecule has 8 heteroatoms. The fourth-order valence-corrected chi connectivity index (χ4v) is 1.15. The molecule has 0 aliphatic carbocycles. The summed E-state index contributed by atoms with van der Waals surface area (Å²) in [5.74, 6) is 1.54. The van der Waals surface area contributed by atoms with Crippen LogP contribution >= 0.6 is 0 Å². The molecule has 0 amide bonds. The highest BCUT2D eigenvalue weighted by Gasteiger charge is 2.02. The number of aryl methyl sites for hydroxylation is 2. The second-order valence-electron chi connectivity index (χ2n) is 3.16. The molecule has 15 heavy (non-hydrogen) atoms. The topological polar surface area (TPSA) is 86.3 Å². The van der Waals surface area contributed by atoms with Crippen LogP contribution in [-0.2, 0) is 27.2 Å². The van der Waals surface area contributed by atoms with E-state index in [0.29, 0.717) is 18.9 Å². The molecule has 0 aliphatic heterocycles. The highest BCUT2D eigenvalue weighted by atomic mass is 15.6. The predicted octanol–water partition coefficient (Wildman–Crippen LogP) is -1.37. The number of aromatic nitrogens is 7. The first-order chi connectivity index (χ1) is 7.25. The Bertz CT molecular complexity index is 430. The number of nitrogens with one attached hydrogen (secondary N) is 1. The molecular weight excluding hydrogens is 196 g/mol. The standard InChI is InChI=1S/C7H12N8/c1-14-5-9-11-7(14)4-8-3-6-10-13-15(2)12-6/h5,8H,3-4H2,1-2H3. The molecule has 8 nitrogen and oxygen atoms in total. The summed E-state index contributed by atoms with van der Waals surface area (Å²) in [7, 11) is 3.64. The molecule has 0 saturated carbocycles. The maximum Gasteiger partial charge on any atom is 0.188 e. The fourth-order valence-electron chi connectivity index (χ4n) is 1.15. The van der Waals surface area contributed by atoms with Gasteiger partial charge in [-0.05, 0) is 5.21 Å². The molecule has 0 aromatic carbocycles. The number of nitrogens with zero attached hydrogens (tertiary/aromatic N) is 7. The van der Waals surface area contributed by atoms with Crippen LogP contribution in [0, 0.1) is 0 Å². The lowest BCUT2D eigenvalue weighted by molar-refractivity contribution is 0.605. The third-order valence-electron chi connectivity index (χ3n) is 1.92. The van der Waals surface area contributed by atoms with Crippen molar-refractivity contribution < 1.29 is 0 Å². The first kappa shape index (κ1) is 9.71. The third kappa shape index (κ3) is 2.34. The average Bonchev–Trinajstić information content (AvgIpc) is 2.77. The Kier molecular flexibility index (Phi) is 2.68. The summed E-state index contributed by atoms with van der Waals surface area (Å²) < 4.78 is 1.86. The van der Waals surface area contributed by atoms with E-state index in [4.69, 9.17) is 0 Å². The van der Waals surface area contributed by atoms with Crippen LogP contribution in [0.5, 0.6) is 0 Å². The molecule has 2 heterocycles. The van der Waals surface area contributed by atoms with Crippen LogP contribution in [0.3, 0.4) is 0 Å². The van der Waals surface area contributed by atoms with Gasteiger partial charge in [0.25, 0.3) is 0 Å². The lowest BCUT2D eigenvalue weighted by Gasteiger charge is -2.00. The zero-order valence-corrected chi connectivity index (χ0v) is 8.62. The van der Waals surface area contributed by atoms with Gasteiger partial charge >= 0.3 is 0 Å². The smallest absolute Gasteiger partial charge is 0.188 e. The van der Waals surface area contributed by atoms with E-state index < -0.39 is 0 Å². The highest BCUT2D eigenvalue weighted by molar-refractivity contribution is 4.84. The lowest BCUT2D eigenvalue weighted by atomic mass is 10.5. The molecule has 0 unspecified atom stereocenters. The van der Waals surface area contributed by atoms with Gasteiger partial charge in [-0.25, -0.2) is 0 Å². The Morgan fingerprint density at radius 3 is 2.73 bits per heavy atom. The van der Waals surface area contributed by atoms with Crippen LogP contribution in [-0.4, -0.2) is 35.0 Å². The Balaban J connectivity index is 1.83. The minimum absolute atomic E-state index is 0.570. The molecule has 0 spiro atoms. The minimum atomic E-state index is 0.570. The van der Waals surface area contributed by atoms with Gasteiger partial charge < -0.3 is 9.88 Å². The minimum Gasteiger partial charge on any atom is -0.320 e. The van der Waals surface area contributed by atoms with Crippen molar-refractivity contribution in [3.05, 3.63) is 18.0 Å². The van der Waals surface area contributed by atoms with Gasteiger partial charge in [-0.3, -0.25) is 0 Å². The molecule has 80 valence electrons. The van der Waals surface area contributed by atoms with E-state index in [2.05, 4.69) is 30.9 Å². The molecule has 0 fully saturated rings. The Hall–Kier alpha value is -1.83. The molecule has 0 bridgehead atoms. The van der Waals surface area contributed by atoms with Crippen LogP contribution in [0.2, 0.25) is 0 Å². The maximum absolute atomic E-state index is 4.04. The van der Waals surface area contributed by atoms with E-state index in [0.717, 1.165) is 5.82 Å². The second kappa shape index (κ2) is 4.13. The van der Waals surface area contributed by atoms with Crippen LogP contribution in [0.25, 0.3) is 0 Å². The van der Waals surface area contributed by atoms with E-state index in [-0.39, 0.29) is 0 Å². The third-order valence-corrected chi connectivity index (χ3v) is 1.92. The van der Waals surface area contributed by atoms with E-state index in [1.807, 2.05) is 11.6 Å². The summed E-state index contributed by atoms with van der Waals surface area (Å²) in [4.78, 5) is 1.43. The largest absolute Gasteiger partial charge is 0.320 e. The molecule has 2 aromatic heterocycles. The van der Waals surface area contributed by atoms with Crippen molar-refractivity contribution in [3.8, 4) is 0 Å². The van der Waals surface area contributed by atoms with E-state index in [9.17, 15) is 0 Å². The van der Waals surface area contributed by atoms with E-state index in [1.165, 1.54) is 4.80 Å². The van der Waals surface area contributed by atoms with Crippen molar-refractivity contribution in [2.75, 3.05) is 0 Å². The van der Waals surface area contributed by atoms with E-state index in [1.54, 1.807) is 13.4 Å². The summed E-state index contributed by atoms with van der Waals surface area (Å²) in [6.07, 6.45) is 1.66. The van der Waals surface area contributed by atoms with Gasteiger partial charge in [-0.2, -0.15) is 4.80 Å². The van der Waals surface area contributed by atoms with Crippen LogP contribution in [0.4, 0.5) is 0 Å². The van der Waals surface area contributed by atoms with Crippen molar-refractivity contribution in [1.29, 1.82) is 0 Å². The van der Waals surface area contributed by atoms with Crippen molar-refractivity contribution in [2.45, 2.75) is 13.1 Å². The molecule has 0 aliphatic rings. The first-order valence-electron chi connectivity index (χ1n) is 4.52. The number of tetrazole rings is 1. The quantitative estimate of drug-likeness (QED) is 0.667. The van der Waals surface area contributed by atoms with Crippen molar-refractivity contribution in [1.82, 2.24) is 40.3 Å². The van der Waals surface area contributed by atoms with Crippen LogP contribution in [0.15, 0.2) is 6.33 Å². The number of hydrogen-bond donors (Lipinski definition) is 1. The Morgan fingerprint density at radius 1 is 1.27 bits per heavy atom. The van der Waals surface area contributed by atoms with Gasteiger partial charge in [0.2, 0.25) is 0 Å². The Labute approximate surface area is 86.3 Å². The van der Waals surface area contributed by atoms with Crippen LogP contribution in [0.1, 0.15) is 11.6 Å². The lowest BCUT2D eigenvalue weighted by Crippen LogP contribution is -2.16. The summed E-state index contributed by atoms with van der Waals surface area (Å²) in [6, 6.07) is 0. The normalized spacial score (nSPS) is 10.8. The predicted molar refractivity (Wildman–Crippen MR) is 50.3 cm³/mol. The van der Waals surface area contributed by atoms with Crippen molar-refractivity contribution in [2.24, 2.45) is 14.1 Å². The summed E-state index contributed by atoms with van der Waals surface area (Å²) >= 11 is 0. The summed E-state index contributed by atoms with van der Waals surface area (Å²) in [5.41, 5.74) is 0. The van der Waals surface area contributed by atoms with Crippen molar-refractivity contribution in [3.63, 3.8) is 0 Å². The second-order valence-corrected chi connectivity index (χ2v) is 3.16. The fraction of sp³-hybridized carbons (Fsp3) is 0.571. The maximum atomic E-state index is 4.04. The van der Waals surface area contributed by atoms with Gasteiger partial charge in [-0.1, -0.05) is 0 Å². The SMILES string of the molecule is Cn1nnc(CNCc2nncn2C)n1. The molecule has 0 radical (unpaired) electrons. The number of rotatable bonds is 4. The van der Waals surface area contributed by atoms with E-state index >= 15 is 0 Å².